The van der Waals surface area contributed by atoms with Crippen molar-refractivity contribution >= 4 is 23.6 Å². The minimum atomic E-state index is -1.50. The molecule has 0 aliphatic carbocycles. The number of aromatic nitrogens is 3. The van der Waals surface area contributed by atoms with Gasteiger partial charge in [0.1, 0.15) is 23.3 Å². The van der Waals surface area contributed by atoms with Gasteiger partial charge in [0.15, 0.2) is 11.5 Å². The minimum Gasteiger partial charge on any atom is -0.493 e. The van der Waals surface area contributed by atoms with Crippen molar-refractivity contribution in [1.82, 2.24) is 36.3 Å². The van der Waals surface area contributed by atoms with E-state index in [1.807, 2.05) is 30.3 Å². The summed E-state index contributed by atoms with van der Waals surface area (Å²) in [5.74, 6) is -1.80. The van der Waals surface area contributed by atoms with Gasteiger partial charge in [-0.15, -0.1) is 5.10 Å². The van der Waals surface area contributed by atoms with Gasteiger partial charge in [0, 0.05) is 24.9 Å². The summed E-state index contributed by atoms with van der Waals surface area (Å²) in [6.07, 6.45) is 1.07. The van der Waals surface area contributed by atoms with Crippen LogP contribution in [0.3, 0.4) is 0 Å². The van der Waals surface area contributed by atoms with E-state index in [2.05, 4.69) is 31.6 Å². The zero-order valence-corrected chi connectivity index (χ0v) is 25.7. The van der Waals surface area contributed by atoms with Crippen LogP contribution in [-0.2, 0) is 33.9 Å². The number of ether oxygens (including phenoxy) is 2. The molecule has 2 aromatic carbocycles. The highest BCUT2D eigenvalue weighted by atomic mass is 16.5. The fraction of sp³-hybridized carbons (Fsp3) is 0.419. The molecule has 14 heteroatoms. The van der Waals surface area contributed by atoms with Crippen LogP contribution in [0.1, 0.15) is 48.8 Å². The third-order valence-electron chi connectivity index (χ3n) is 7.21. The smallest absolute Gasteiger partial charge is 0.252 e. The molecule has 3 atom stereocenters. The predicted molar refractivity (Wildman–Crippen MR) is 162 cm³/mol. The second-order valence-electron chi connectivity index (χ2n) is 11.3. The van der Waals surface area contributed by atoms with Crippen LogP contribution in [0, 0.1) is 0 Å². The van der Waals surface area contributed by atoms with Crippen molar-refractivity contribution in [2.75, 3.05) is 13.7 Å². The maximum atomic E-state index is 13.4. The molecule has 0 saturated carbocycles. The number of nitrogens with one attached hydrogen (secondary N) is 4. The van der Waals surface area contributed by atoms with Crippen LogP contribution in [-0.4, -0.2) is 81.2 Å². The molecule has 2 heterocycles. The van der Waals surface area contributed by atoms with Gasteiger partial charge in [0.2, 0.25) is 17.7 Å². The Labute approximate surface area is 260 Å². The monoisotopic (exact) mass is 621 g/mol. The van der Waals surface area contributed by atoms with Gasteiger partial charge in [-0.05, 0) is 44.5 Å². The normalized spacial score (nSPS) is 20.6. The van der Waals surface area contributed by atoms with E-state index in [1.54, 1.807) is 16.9 Å². The Morgan fingerprint density at radius 3 is 2.56 bits per heavy atom. The van der Waals surface area contributed by atoms with E-state index < -0.39 is 47.4 Å². The average Bonchev–Trinajstić information content (AvgIpc) is 3.47. The van der Waals surface area contributed by atoms with Crippen molar-refractivity contribution in [1.29, 1.82) is 0 Å². The van der Waals surface area contributed by atoms with Gasteiger partial charge in [-0.25, -0.2) is 0 Å². The quantitative estimate of drug-likeness (QED) is 0.276. The van der Waals surface area contributed by atoms with E-state index in [4.69, 9.17) is 9.47 Å². The maximum Gasteiger partial charge on any atom is 0.252 e. The van der Waals surface area contributed by atoms with E-state index in [1.165, 1.54) is 40.0 Å². The number of amides is 4. The number of hydrogen-bond acceptors (Lipinski definition) is 9. The van der Waals surface area contributed by atoms with Crippen molar-refractivity contribution in [3.63, 3.8) is 0 Å². The first-order chi connectivity index (χ1) is 21.5. The molecule has 1 aromatic heterocycles. The fourth-order valence-electron chi connectivity index (χ4n) is 4.63. The zero-order chi connectivity index (χ0) is 32.6. The number of aliphatic hydroxyl groups excluding tert-OH is 1. The molecular formula is C31H39N7O7. The van der Waals surface area contributed by atoms with E-state index >= 15 is 0 Å². The van der Waals surface area contributed by atoms with Gasteiger partial charge in [0.05, 0.1) is 32.6 Å². The van der Waals surface area contributed by atoms with Crippen LogP contribution < -0.4 is 30.7 Å². The van der Waals surface area contributed by atoms with Gasteiger partial charge in [-0.1, -0.05) is 35.5 Å². The summed E-state index contributed by atoms with van der Waals surface area (Å²) in [4.78, 5) is 53.3. The van der Waals surface area contributed by atoms with Crippen molar-refractivity contribution in [2.24, 2.45) is 0 Å². The Balaban J connectivity index is 1.62. The Morgan fingerprint density at radius 1 is 1.09 bits per heavy atom. The van der Waals surface area contributed by atoms with Gasteiger partial charge in [-0.2, -0.15) is 0 Å². The van der Waals surface area contributed by atoms with E-state index in [0.29, 0.717) is 30.2 Å². The van der Waals surface area contributed by atoms with Crippen LogP contribution in [0.25, 0.3) is 0 Å². The second-order valence-corrected chi connectivity index (χ2v) is 11.3. The number of aryl methyl sites for hydroxylation is 1. The van der Waals surface area contributed by atoms with E-state index in [-0.39, 0.29) is 25.1 Å². The number of hydrogen-bond donors (Lipinski definition) is 5. The van der Waals surface area contributed by atoms with Gasteiger partial charge >= 0.3 is 0 Å². The van der Waals surface area contributed by atoms with E-state index in [9.17, 15) is 24.3 Å². The number of nitrogens with zero attached hydrogens (tertiary/aromatic N) is 3. The first-order valence-corrected chi connectivity index (χ1v) is 14.6. The number of benzene rings is 2. The molecule has 4 bridgehead atoms. The number of fused-ring (bicyclic) bond motifs is 4. The van der Waals surface area contributed by atoms with Crippen LogP contribution in [0.2, 0.25) is 0 Å². The molecule has 14 nitrogen and oxygen atoms in total. The zero-order valence-electron chi connectivity index (χ0n) is 25.7. The number of methoxy groups -OCH3 is 1. The highest BCUT2D eigenvalue weighted by Gasteiger charge is 2.36. The summed E-state index contributed by atoms with van der Waals surface area (Å²) in [6.45, 7) is 5.09. The lowest BCUT2D eigenvalue weighted by atomic mass is 10.0. The lowest BCUT2D eigenvalue weighted by Gasteiger charge is -2.30. The summed E-state index contributed by atoms with van der Waals surface area (Å²) >= 11 is 0. The molecule has 4 rings (SSSR count). The van der Waals surface area contributed by atoms with Gasteiger partial charge in [-0.3, -0.25) is 23.9 Å². The lowest BCUT2D eigenvalue weighted by Crippen LogP contribution is -2.62. The molecule has 0 fully saturated rings. The van der Waals surface area contributed by atoms with E-state index in [0.717, 1.165) is 5.56 Å². The molecule has 45 heavy (non-hydrogen) atoms. The Hall–Kier alpha value is -4.98. The predicted octanol–water partition coefficient (Wildman–Crippen LogP) is 0.487. The standard InChI is InChI=1S/C31H39N7O7/c1-19(39)26-29(42)33-23(15-20-9-6-5-7-10-20)28(41)32-17-22-18-38(37-36-22)13-8-14-45-25-16-21(11-12-24(25)44-4)27(40)35-31(2,3)30(43)34-26/h5-7,9-12,16,18-19,23,26,39H,8,13-15,17H2,1-4H3,(H,32,41)(H,33,42)(H,34,43)(H,35,40)/t19-,23-,26+/m1/s1. The number of carbonyl (C=O) groups is 4. The Morgan fingerprint density at radius 2 is 1.84 bits per heavy atom. The summed E-state index contributed by atoms with van der Waals surface area (Å²) in [5.41, 5.74) is 0.00975. The number of carbonyl (C=O) groups excluding carboxylic acids is 4. The Bertz CT molecular complexity index is 1510. The average molecular weight is 622 g/mol. The SMILES string of the molecule is COc1ccc2cc1OCCCn1cc(nn1)CNC(=O)[C@@H](Cc1ccccc1)NC(=O)[C@H]([C@@H](C)O)NC(=O)C(C)(C)NC2=O. The summed E-state index contributed by atoms with van der Waals surface area (Å²) in [6, 6.07) is 11.3. The molecule has 0 unspecified atom stereocenters. The van der Waals surface area contributed by atoms with Crippen LogP contribution >= 0.6 is 0 Å². The first-order valence-electron chi connectivity index (χ1n) is 14.6. The third-order valence-corrected chi connectivity index (χ3v) is 7.21. The van der Waals surface area contributed by atoms with Crippen molar-refractivity contribution in [3.8, 4) is 11.5 Å². The molecule has 0 radical (unpaired) electrons. The highest BCUT2D eigenvalue weighted by Crippen LogP contribution is 2.28. The Kier molecular flexibility index (Phi) is 10.7. The van der Waals surface area contributed by atoms with Gasteiger partial charge < -0.3 is 35.8 Å². The molecule has 3 aromatic rings. The molecule has 240 valence electrons. The summed E-state index contributed by atoms with van der Waals surface area (Å²) < 4.78 is 12.9. The largest absolute Gasteiger partial charge is 0.493 e. The minimum absolute atomic E-state index is 0.0605. The third kappa shape index (κ3) is 8.79. The van der Waals surface area contributed by atoms with Gasteiger partial charge in [0.25, 0.3) is 5.91 Å². The van der Waals surface area contributed by atoms with Crippen LogP contribution in [0.4, 0.5) is 0 Å². The topological polar surface area (TPSA) is 186 Å². The highest BCUT2D eigenvalue weighted by molar-refractivity contribution is 6.00. The molecule has 0 spiro atoms. The lowest BCUT2D eigenvalue weighted by molar-refractivity contribution is -0.136. The molecule has 1 aliphatic heterocycles. The van der Waals surface area contributed by atoms with Crippen molar-refractivity contribution in [2.45, 2.75) is 70.4 Å². The molecular weight excluding hydrogens is 582 g/mol. The molecule has 0 saturated heterocycles. The maximum absolute atomic E-state index is 13.4. The number of aliphatic hydroxyl groups is 1. The van der Waals surface area contributed by atoms with Crippen molar-refractivity contribution < 1.29 is 33.8 Å². The second kappa shape index (κ2) is 14.7. The first kappa shape index (κ1) is 32.9. The van der Waals surface area contributed by atoms with Crippen molar-refractivity contribution in [3.05, 3.63) is 71.5 Å². The van der Waals surface area contributed by atoms with Crippen LogP contribution in [0.5, 0.6) is 11.5 Å². The van der Waals surface area contributed by atoms with Crippen LogP contribution in [0.15, 0.2) is 54.7 Å². The molecule has 1 aliphatic rings. The summed E-state index contributed by atoms with van der Waals surface area (Å²) in [5, 5.41) is 29.4. The molecule has 5 N–H and O–H groups in total. The number of rotatable bonds is 4. The summed E-state index contributed by atoms with van der Waals surface area (Å²) in [7, 11) is 1.48. The fourth-order valence-corrected chi connectivity index (χ4v) is 4.63. The molecule has 4 amide bonds.